The summed E-state index contributed by atoms with van der Waals surface area (Å²) in [5.41, 5.74) is -0.421. The highest BCUT2D eigenvalue weighted by Gasteiger charge is 2.84. The number of fused-ring (bicyclic) bond motifs is 4. The topological polar surface area (TPSA) is 83.9 Å². The standard InChI is InChI=1S/C42H72N2O6/c1-11-47-36(38(7,8)46)28-20-26(4)33-34(49-28)35(45)40(10)30-13-12-29-37(5,6)31(14-15-41(29)24-42(30,41)17-16-39(33,40)9)50-32-23-43(18-19-48-32)27-21-44(22-27)25(2)3/h25-36,45-46H,11-24H2,1-10H3/t26-,28?,29+,30?,31+,32+,33+,34?,35+,36+,39-,40-,41-,42?/m1/s1. The van der Waals surface area contributed by atoms with Crippen molar-refractivity contribution in [1.29, 1.82) is 0 Å². The highest BCUT2D eigenvalue weighted by atomic mass is 16.7. The van der Waals surface area contributed by atoms with Crippen molar-refractivity contribution in [3.63, 3.8) is 0 Å². The third-order valence-corrected chi connectivity index (χ3v) is 17.7. The second kappa shape index (κ2) is 12.1. The molecule has 8 fully saturated rings. The monoisotopic (exact) mass is 701 g/mol. The molecule has 286 valence electrons. The average Bonchev–Trinajstić information content (AvgIpc) is 3.64. The fraction of sp³-hybridized carbons (Fsp3) is 1.00. The van der Waals surface area contributed by atoms with Crippen LogP contribution in [0.5, 0.6) is 0 Å². The molecule has 0 aromatic rings. The minimum Gasteiger partial charge on any atom is -0.390 e. The van der Waals surface area contributed by atoms with Gasteiger partial charge in [-0.05, 0) is 131 Å². The van der Waals surface area contributed by atoms with Crippen LogP contribution in [0.1, 0.15) is 121 Å². The number of nitrogens with zero attached hydrogens (tertiary/aromatic N) is 2. The van der Waals surface area contributed by atoms with E-state index in [1.165, 1.54) is 51.6 Å². The van der Waals surface area contributed by atoms with Crippen molar-refractivity contribution in [3.05, 3.63) is 0 Å². The predicted molar refractivity (Wildman–Crippen MR) is 194 cm³/mol. The minimum atomic E-state index is -1.01. The predicted octanol–water partition coefficient (Wildman–Crippen LogP) is 6.11. The number of rotatable bonds is 8. The zero-order chi connectivity index (χ0) is 35.8. The zero-order valence-electron chi connectivity index (χ0n) is 33.2. The van der Waals surface area contributed by atoms with Gasteiger partial charge in [0.05, 0.1) is 36.6 Å². The van der Waals surface area contributed by atoms with Crippen molar-refractivity contribution in [3.8, 4) is 0 Å². The molecule has 14 atom stereocenters. The normalized spacial score (nSPS) is 51.2. The summed E-state index contributed by atoms with van der Waals surface area (Å²) in [4.78, 5) is 5.19. The number of hydrogen-bond donors (Lipinski definition) is 2. The Kier molecular flexibility index (Phi) is 8.86. The first-order valence-electron chi connectivity index (χ1n) is 20.9. The van der Waals surface area contributed by atoms with E-state index in [2.05, 4.69) is 58.3 Å². The van der Waals surface area contributed by atoms with Crippen molar-refractivity contribution < 1.29 is 29.2 Å². The van der Waals surface area contributed by atoms with Crippen LogP contribution in [-0.4, -0.2) is 114 Å². The van der Waals surface area contributed by atoms with Crippen LogP contribution in [0.25, 0.3) is 0 Å². The molecule has 0 aromatic heterocycles. The van der Waals surface area contributed by atoms with Crippen molar-refractivity contribution in [2.24, 2.45) is 50.7 Å². The number of ether oxygens (including phenoxy) is 4. The average molecular weight is 701 g/mol. The number of hydrogen-bond acceptors (Lipinski definition) is 8. The van der Waals surface area contributed by atoms with E-state index in [0.29, 0.717) is 53.2 Å². The molecule has 8 rings (SSSR count). The summed E-state index contributed by atoms with van der Waals surface area (Å²) in [5.74, 6) is 1.86. The zero-order valence-corrected chi connectivity index (χ0v) is 33.2. The van der Waals surface area contributed by atoms with Gasteiger partial charge in [0.15, 0.2) is 6.29 Å². The first-order chi connectivity index (χ1) is 23.4. The molecule has 8 heteroatoms. The summed E-state index contributed by atoms with van der Waals surface area (Å²) in [6.45, 7) is 28.2. The quantitative estimate of drug-likeness (QED) is 0.314. The summed E-state index contributed by atoms with van der Waals surface area (Å²) in [7, 11) is 0. The van der Waals surface area contributed by atoms with Gasteiger partial charge in [0.25, 0.3) is 0 Å². The van der Waals surface area contributed by atoms with Gasteiger partial charge in [-0.1, -0.05) is 34.6 Å². The van der Waals surface area contributed by atoms with Crippen molar-refractivity contribution in [2.45, 2.75) is 175 Å². The van der Waals surface area contributed by atoms with Crippen LogP contribution in [-0.2, 0) is 18.9 Å². The van der Waals surface area contributed by atoms with Gasteiger partial charge < -0.3 is 29.2 Å². The molecule has 5 aliphatic carbocycles. The molecule has 5 saturated carbocycles. The Morgan fingerprint density at radius 1 is 0.960 bits per heavy atom. The fourth-order valence-electron chi connectivity index (χ4n) is 15.1. The molecule has 8 aliphatic rings. The summed E-state index contributed by atoms with van der Waals surface area (Å²) < 4.78 is 26.5. The van der Waals surface area contributed by atoms with E-state index in [9.17, 15) is 10.2 Å². The number of likely N-dealkylation sites (tertiary alicyclic amines) is 1. The Bertz CT molecular complexity index is 1280. The number of aliphatic hydroxyl groups is 2. The largest absolute Gasteiger partial charge is 0.390 e. The summed E-state index contributed by atoms with van der Waals surface area (Å²) in [6, 6.07) is 1.26. The van der Waals surface area contributed by atoms with E-state index in [-0.39, 0.29) is 40.8 Å². The molecular weight excluding hydrogens is 628 g/mol. The highest BCUT2D eigenvalue weighted by molar-refractivity contribution is 5.33. The first-order valence-corrected chi connectivity index (χ1v) is 20.9. The Labute approximate surface area is 303 Å². The van der Waals surface area contributed by atoms with Crippen LogP contribution in [0.4, 0.5) is 0 Å². The molecule has 3 aliphatic heterocycles. The van der Waals surface area contributed by atoms with E-state index in [1.807, 2.05) is 20.8 Å². The Morgan fingerprint density at radius 2 is 1.66 bits per heavy atom. The molecule has 50 heavy (non-hydrogen) atoms. The lowest BCUT2D eigenvalue weighted by atomic mass is 9.41. The lowest BCUT2D eigenvalue weighted by molar-refractivity contribution is -0.253. The SMILES string of the molecule is CCO[C@@H](C1C[C@@H](C)[C@H]2C(O1)[C@H](O)[C@@]1(C)C3CC[C@H]4C(C)(C)[C@@H](O[C@H]5CN(C6CN(C(C)C)C6)CCO5)CC[C@@]45CC35CC[C@]21C)C(C)(C)O. The lowest BCUT2D eigenvalue weighted by Gasteiger charge is -2.64. The second-order valence-electron chi connectivity index (χ2n) is 20.7. The van der Waals surface area contributed by atoms with E-state index >= 15 is 0 Å². The second-order valence-corrected chi connectivity index (χ2v) is 20.7. The molecular formula is C42H72N2O6. The molecule has 3 heterocycles. The molecule has 0 aromatic carbocycles. The van der Waals surface area contributed by atoms with Gasteiger partial charge in [-0.2, -0.15) is 0 Å². The van der Waals surface area contributed by atoms with Gasteiger partial charge in [0.1, 0.15) is 6.10 Å². The molecule has 0 radical (unpaired) electrons. The fourth-order valence-corrected chi connectivity index (χ4v) is 15.1. The highest BCUT2D eigenvalue weighted by Crippen LogP contribution is 2.89. The molecule has 8 nitrogen and oxygen atoms in total. The van der Waals surface area contributed by atoms with Crippen molar-refractivity contribution in [1.82, 2.24) is 9.80 Å². The Hall–Kier alpha value is -0.320. The smallest absolute Gasteiger partial charge is 0.170 e. The van der Waals surface area contributed by atoms with Gasteiger partial charge in [-0.3, -0.25) is 9.80 Å². The van der Waals surface area contributed by atoms with Crippen LogP contribution >= 0.6 is 0 Å². The Morgan fingerprint density at radius 3 is 2.34 bits per heavy atom. The van der Waals surface area contributed by atoms with Crippen LogP contribution in [0, 0.1) is 50.7 Å². The van der Waals surface area contributed by atoms with E-state index in [0.717, 1.165) is 32.5 Å². The summed E-state index contributed by atoms with van der Waals surface area (Å²) >= 11 is 0. The summed E-state index contributed by atoms with van der Waals surface area (Å²) in [5, 5.41) is 23.7. The van der Waals surface area contributed by atoms with Gasteiger partial charge in [0, 0.05) is 50.3 Å². The van der Waals surface area contributed by atoms with Crippen molar-refractivity contribution in [2.75, 3.05) is 39.4 Å². The van der Waals surface area contributed by atoms with Crippen molar-refractivity contribution >= 4 is 0 Å². The van der Waals surface area contributed by atoms with Gasteiger partial charge >= 0.3 is 0 Å². The number of morpholine rings is 1. The maximum atomic E-state index is 12.6. The van der Waals surface area contributed by atoms with E-state index in [1.54, 1.807) is 0 Å². The van der Waals surface area contributed by atoms with Crippen LogP contribution in [0.15, 0.2) is 0 Å². The maximum Gasteiger partial charge on any atom is 0.170 e. The third kappa shape index (κ3) is 4.96. The van der Waals surface area contributed by atoms with Crippen LogP contribution in [0.3, 0.4) is 0 Å². The molecule has 2 spiro atoms. The van der Waals surface area contributed by atoms with E-state index < -0.39 is 17.8 Å². The minimum absolute atomic E-state index is 0.0243. The number of aliphatic hydroxyl groups excluding tert-OH is 1. The van der Waals surface area contributed by atoms with Crippen LogP contribution in [0.2, 0.25) is 0 Å². The molecule has 3 saturated heterocycles. The molecule has 2 N–H and O–H groups in total. The van der Waals surface area contributed by atoms with Gasteiger partial charge in [-0.15, -0.1) is 0 Å². The third-order valence-electron chi connectivity index (χ3n) is 17.7. The molecule has 0 amide bonds. The Balaban J connectivity index is 0.991. The summed E-state index contributed by atoms with van der Waals surface area (Å²) in [6.07, 6.45) is 8.17. The molecule has 4 unspecified atom stereocenters. The maximum absolute atomic E-state index is 12.6. The lowest BCUT2D eigenvalue weighted by Crippen LogP contribution is -2.64. The molecule has 0 bridgehead atoms. The van der Waals surface area contributed by atoms with E-state index in [4.69, 9.17) is 18.9 Å². The van der Waals surface area contributed by atoms with Gasteiger partial charge in [0.2, 0.25) is 0 Å². The van der Waals surface area contributed by atoms with Gasteiger partial charge in [-0.25, -0.2) is 0 Å². The first kappa shape index (κ1) is 36.6. The van der Waals surface area contributed by atoms with Crippen LogP contribution < -0.4 is 0 Å².